The average Bonchev–Trinajstić information content (AvgIpc) is 3.05. The van der Waals surface area contributed by atoms with Crippen LogP contribution in [0.25, 0.3) is 10.8 Å². The van der Waals surface area contributed by atoms with E-state index in [4.69, 9.17) is 11.1 Å². The van der Waals surface area contributed by atoms with Crippen molar-refractivity contribution in [2.45, 2.75) is 30.2 Å². The maximum absolute atomic E-state index is 12.4. The maximum atomic E-state index is 12.4. The molecule has 3 aromatic rings. The third-order valence-electron chi connectivity index (χ3n) is 4.53. The Morgan fingerprint density at radius 3 is 2.82 bits per heavy atom. The minimum absolute atomic E-state index is 0.0705. The number of amides is 1. The van der Waals surface area contributed by atoms with Gasteiger partial charge in [0.05, 0.1) is 17.7 Å². The topological polar surface area (TPSA) is 101 Å². The molecule has 3 rings (SSSR count). The Kier molecular flexibility index (Phi) is 6.16. The van der Waals surface area contributed by atoms with Gasteiger partial charge in [-0.3, -0.25) is 4.79 Å². The molecule has 2 aromatic carbocycles. The molecule has 1 amide bonds. The number of aromatic nitrogens is 3. The van der Waals surface area contributed by atoms with Crippen molar-refractivity contribution in [1.82, 2.24) is 19.8 Å². The van der Waals surface area contributed by atoms with Crippen molar-refractivity contribution in [3.63, 3.8) is 0 Å². The highest BCUT2D eigenvalue weighted by atomic mass is 32.2. The monoisotopic (exact) mass is 394 g/mol. The number of carbonyl (C=O) groups excluding carboxylic acids is 1. The van der Waals surface area contributed by atoms with Crippen LogP contribution in [-0.2, 0) is 11.2 Å². The van der Waals surface area contributed by atoms with Crippen LogP contribution < -0.4 is 5.84 Å². The molecule has 0 saturated carbocycles. The first-order valence-electron chi connectivity index (χ1n) is 8.96. The lowest BCUT2D eigenvalue weighted by Crippen LogP contribution is -2.34. The molecule has 2 N–H and O–H groups in total. The third kappa shape index (κ3) is 4.26. The van der Waals surface area contributed by atoms with Gasteiger partial charge < -0.3 is 10.7 Å². The van der Waals surface area contributed by atoms with Crippen molar-refractivity contribution < 1.29 is 4.79 Å². The molecule has 0 bridgehead atoms. The van der Waals surface area contributed by atoms with Gasteiger partial charge >= 0.3 is 0 Å². The molecule has 0 fully saturated rings. The third-order valence-corrected chi connectivity index (χ3v) is 5.57. The second-order valence-corrected chi connectivity index (χ2v) is 7.82. The highest BCUT2D eigenvalue weighted by Gasteiger charge is 2.22. The lowest BCUT2D eigenvalue weighted by atomic mass is 10.0. The quantitative estimate of drug-likeness (QED) is 0.488. The number of fused-ring (bicyclic) bond motifs is 1. The van der Waals surface area contributed by atoms with E-state index in [1.54, 1.807) is 18.9 Å². The molecular weight excluding hydrogens is 372 g/mol. The summed E-state index contributed by atoms with van der Waals surface area (Å²) in [6.45, 7) is 2.21. The largest absolute Gasteiger partial charge is 0.344 e. The van der Waals surface area contributed by atoms with Crippen LogP contribution in [0.4, 0.5) is 0 Å². The van der Waals surface area contributed by atoms with E-state index in [9.17, 15) is 4.79 Å². The zero-order valence-electron chi connectivity index (χ0n) is 15.9. The van der Waals surface area contributed by atoms with E-state index in [1.165, 1.54) is 16.4 Å². The van der Waals surface area contributed by atoms with Gasteiger partial charge in [-0.25, -0.2) is 4.68 Å². The first-order valence-corrected chi connectivity index (χ1v) is 9.83. The summed E-state index contributed by atoms with van der Waals surface area (Å²) in [5.41, 5.74) is 1.12. The summed E-state index contributed by atoms with van der Waals surface area (Å²) in [6, 6.07) is 16.4. The average molecular weight is 395 g/mol. The van der Waals surface area contributed by atoms with Crippen LogP contribution in [0.2, 0.25) is 0 Å². The highest BCUT2D eigenvalue weighted by Crippen LogP contribution is 2.24. The molecule has 1 aromatic heterocycles. The summed E-state index contributed by atoms with van der Waals surface area (Å²) < 4.78 is 1.45. The molecule has 1 heterocycles. The summed E-state index contributed by atoms with van der Waals surface area (Å²) in [5.74, 6) is 6.77. The van der Waals surface area contributed by atoms with Gasteiger partial charge in [-0.1, -0.05) is 54.2 Å². The number of carbonyl (C=O) groups is 1. The van der Waals surface area contributed by atoms with Crippen LogP contribution in [-0.4, -0.2) is 44.5 Å². The second-order valence-electron chi connectivity index (χ2n) is 6.51. The maximum Gasteiger partial charge on any atom is 0.235 e. The minimum Gasteiger partial charge on any atom is -0.344 e. The summed E-state index contributed by atoms with van der Waals surface area (Å²) in [6.07, 6.45) is 0.859. The van der Waals surface area contributed by atoms with E-state index in [2.05, 4.69) is 34.5 Å². The van der Waals surface area contributed by atoms with Crippen molar-refractivity contribution in [3.05, 3.63) is 53.9 Å². The zero-order valence-corrected chi connectivity index (χ0v) is 16.7. The van der Waals surface area contributed by atoms with Crippen LogP contribution in [0.15, 0.2) is 47.6 Å². The van der Waals surface area contributed by atoms with Gasteiger partial charge in [0.25, 0.3) is 0 Å². The smallest absolute Gasteiger partial charge is 0.235 e. The molecule has 0 radical (unpaired) electrons. The summed E-state index contributed by atoms with van der Waals surface area (Å²) in [5, 5.41) is 19.5. The van der Waals surface area contributed by atoms with Crippen molar-refractivity contribution in [1.29, 1.82) is 5.26 Å². The second kappa shape index (κ2) is 8.76. The van der Waals surface area contributed by atoms with Crippen molar-refractivity contribution in [2.75, 3.05) is 19.4 Å². The zero-order chi connectivity index (χ0) is 20.1. The predicted octanol–water partition coefficient (Wildman–Crippen LogP) is 2.59. The fraction of sp³-hybridized carbons (Fsp3) is 0.300. The van der Waals surface area contributed by atoms with Crippen molar-refractivity contribution in [2.24, 2.45) is 0 Å². The number of hydrogen-bond acceptors (Lipinski definition) is 6. The van der Waals surface area contributed by atoms with E-state index in [1.807, 2.05) is 24.3 Å². The fourth-order valence-corrected chi connectivity index (χ4v) is 3.88. The van der Waals surface area contributed by atoms with Gasteiger partial charge in [-0.2, -0.15) is 5.26 Å². The standard InChI is InChI=1S/C20H22N6OS/c1-14(19(27)25(2)12-6-11-21)28-20-24-23-18(26(20)22)13-16-9-5-8-15-7-3-4-10-17(15)16/h3-5,7-10,14H,6,12-13,22H2,1-2H3/t14-/m0/s1. The molecule has 0 unspecified atom stereocenters. The molecule has 8 heteroatoms. The number of hydrogen-bond donors (Lipinski definition) is 1. The van der Waals surface area contributed by atoms with Crippen molar-refractivity contribution in [3.8, 4) is 6.07 Å². The van der Waals surface area contributed by atoms with E-state index < -0.39 is 0 Å². The Balaban J connectivity index is 1.73. The van der Waals surface area contributed by atoms with E-state index >= 15 is 0 Å². The molecule has 1 atom stereocenters. The Labute approximate surface area is 168 Å². The summed E-state index contributed by atoms with van der Waals surface area (Å²) >= 11 is 1.27. The molecular formula is C20H22N6OS. The number of rotatable bonds is 7. The van der Waals surface area contributed by atoms with E-state index in [0.29, 0.717) is 30.4 Å². The lowest BCUT2D eigenvalue weighted by molar-refractivity contribution is -0.128. The highest BCUT2D eigenvalue weighted by molar-refractivity contribution is 8.00. The van der Waals surface area contributed by atoms with Crippen LogP contribution >= 0.6 is 11.8 Å². The van der Waals surface area contributed by atoms with Gasteiger partial charge in [-0.15, -0.1) is 10.2 Å². The van der Waals surface area contributed by atoms with Crippen molar-refractivity contribution >= 4 is 28.4 Å². The molecule has 28 heavy (non-hydrogen) atoms. The van der Waals surface area contributed by atoms with Crippen LogP contribution in [0.3, 0.4) is 0 Å². The SMILES string of the molecule is C[C@H](Sc1nnc(Cc2cccc3ccccc23)n1N)C(=O)N(C)CCC#N. The molecule has 0 aliphatic carbocycles. The van der Waals surface area contributed by atoms with Crippen LogP contribution in [0, 0.1) is 11.3 Å². The number of nitrogen functional groups attached to an aromatic ring is 1. The summed E-state index contributed by atoms with van der Waals surface area (Å²) in [7, 11) is 1.69. The molecule has 0 spiro atoms. The van der Waals surface area contributed by atoms with E-state index in [-0.39, 0.29) is 11.2 Å². The van der Waals surface area contributed by atoms with Gasteiger partial charge in [0, 0.05) is 20.0 Å². The van der Waals surface area contributed by atoms with Crippen LogP contribution in [0.5, 0.6) is 0 Å². The Morgan fingerprint density at radius 2 is 2.04 bits per heavy atom. The van der Waals surface area contributed by atoms with Gasteiger partial charge in [0.1, 0.15) is 0 Å². The molecule has 0 aliphatic rings. The first kappa shape index (κ1) is 19.7. The molecule has 0 saturated heterocycles. The number of nitriles is 1. The Hall–Kier alpha value is -3.05. The first-order chi connectivity index (χ1) is 13.5. The Morgan fingerprint density at radius 1 is 1.29 bits per heavy atom. The normalized spacial score (nSPS) is 11.9. The predicted molar refractivity (Wildman–Crippen MR) is 110 cm³/mol. The number of nitrogens with two attached hydrogens (primary N) is 1. The number of benzene rings is 2. The Bertz CT molecular complexity index is 1020. The van der Waals surface area contributed by atoms with Crippen LogP contribution in [0.1, 0.15) is 24.7 Å². The van der Waals surface area contributed by atoms with E-state index in [0.717, 1.165) is 16.3 Å². The summed E-state index contributed by atoms with van der Waals surface area (Å²) in [4.78, 5) is 14.0. The van der Waals surface area contributed by atoms with Gasteiger partial charge in [0.2, 0.25) is 11.1 Å². The molecule has 144 valence electrons. The van der Waals surface area contributed by atoms with Gasteiger partial charge in [-0.05, 0) is 23.3 Å². The molecule has 0 aliphatic heterocycles. The molecule has 7 nitrogen and oxygen atoms in total. The van der Waals surface area contributed by atoms with Gasteiger partial charge in [0.15, 0.2) is 5.82 Å². The fourth-order valence-electron chi connectivity index (χ4n) is 2.97. The lowest BCUT2D eigenvalue weighted by Gasteiger charge is -2.19. The minimum atomic E-state index is -0.374. The number of thioether (sulfide) groups is 1. The number of nitrogens with zero attached hydrogens (tertiary/aromatic N) is 5.